The van der Waals surface area contributed by atoms with Gasteiger partial charge in [0.2, 0.25) is 5.89 Å². The number of carbonyl (C=O) groups is 1. The average Bonchev–Trinajstić information content (AvgIpc) is 3.31. The minimum atomic E-state index is -0.545. The quantitative estimate of drug-likeness (QED) is 0.382. The molecule has 0 saturated carbocycles. The van der Waals surface area contributed by atoms with Gasteiger partial charge in [-0.2, -0.15) is 4.98 Å². The maximum absolute atomic E-state index is 13.1. The Morgan fingerprint density at radius 1 is 1.17 bits per heavy atom. The Bertz CT molecular complexity index is 1150. The minimum Gasteiger partial charge on any atom is -0.443 e. The summed E-state index contributed by atoms with van der Waals surface area (Å²) < 4.78 is 24.3. The van der Waals surface area contributed by atoms with Crippen molar-refractivity contribution in [3.05, 3.63) is 71.6 Å². The van der Waals surface area contributed by atoms with E-state index in [0.717, 1.165) is 49.3 Å². The van der Waals surface area contributed by atoms with Gasteiger partial charge in [-0.15, -0.1) is 0 Å². The van der Waals surface area contributed by atoms with Gasteiger partial charge >= 0.3 is 6.09 Å². The fourth-order valence-corrected chi connectivity index (χ4v) is 4.40. The van der Waals surface area contributed by atoms with E-state index in [4.69, 9.17) is 9.26 Å². The second-order valence-corrected chi connectivity index (χ2v) is 10.3. The second kappa shape index (κ2) is 11.1. The lowest BCUT2D eigenvalue weighted by molar-refractivity contribution is 0.0580. The fourth-order valence-electron chi connectivity index (χ4n) is 4.40. The predicted octanol–water partition coefficient (Wildman–Crippen LogP) is 6.34. The van der Waals surface area contributed by atoms with Crippen LogP contribution in [0.15, 0.2) is 53.1 Å². The van der Waals surface area contributed by atoms with Crippen LogP contribution >= 0.6 is 0 Å². The number of ether oxygens (including phenoxy) is 1. The van der Waals surface area contributed by atoms with Crippen molar-refractivity contribution in [3.8, 4) is 0 Å². The molecule has 7 nitrogen and oxygen atoms in total. The first kappa shape index (κ1) is 25.7. The molecule has 0 aliphatic carbocycles. The second-order valence-electron chi connectivity index (χ2n) is 10.3. The molecule has 4 rings (SSSR count). The number of hydrogen-bond donors (Lipinski definition) is 0. The van der Waals surface area contributed by atoms with Crippen molar-refractivity contribution in [2.24, 2.45) is 0 Å². The zero-order chi connectivity index (χ0) is 25.7. The van der Waals surface area contributed by atoms with Gasteiger partial charge in [0.05, 0.1) is 0 Å². The SMILES string of the molecule is CCCN(C(=O)OC(C)(C)C)c1cccc(N2CCC(c3nc(Cc4ccc(F)cc4)no3)CC2)c1. The van der Waals surface area contributed by atoms with E-state index in [1.165, 1.54) is 12.1 Å². The lowest BCUT2D eigenvalue weighted by Gasteiger charge is -2.33. The Morgan fingerprint density at radius 2 is 1.89 bits per heavy atom. The van der Waals surface area contributed by atoms with Crippen molar-refractivity contribution in [2.75, 3.05) is 29.4 Å². The van der Waals surface area contributed by atoms with Gasteiger partial charge < -0.3 is 14.2 Å². The van der Waals surface area contributed by atoms with Crippen LogP contribution < -0.4 is 9.80 Å². The summed E-state index contributed by atoms with van der Waals surface area (Å²) in [5.74, 6) is 1.23. The van der Waals surface area contributed by atoms with Crippen LogP contribution in [0.5, 0.6) is 0 Å². The summed E-state index contributed by atoms with van der Waals surface area (Å²) >= 11 is 0. The number of piperidine rings is 1. The molecule has 1 amide bonds. The number of carbonyl (C=O) groups excluding carboxylic acids is 1. The first-order valence-electron chi connectivity index (χ1n) is 12.6. The molecule has 192 valence electrons. The Labute approximate surface area is 212 Å². The van der Waals surface area contributed by atoms with Crippen LogP contribution in [-0.2, 0) is 11.2 Å². The lowest BCUT2D eigenvalue weighted by atomic mass is 9.96. The van der Waals surface area contributed by atoms with Crippen molar-refractivity contribution in [1.29, 1.82) is 0 Å². The largest absolute Gasteiger partial charge is 0.443 e. The zero-order valence-corrected chi connectivity index (χ0v) is 21.5. The molecule has 0 unspecified atom stereocenters. The molecule has 8 heteroatoms. The molecule has 1 saturated heterocycles. The standard InChI is InChI=1S/C28H35FN4O3/c1-5-15-33(27(34)35-28(2,3)4)24-8-6-7-23(19-24)32-16-13-21(14-17-32)26-30-25(31-36-26)18-20-9-11-22(29)12-10-20/h6-12,19,21H,5,13-18H2,1-4H3. The van der Waals surface area contributed by atoms with E-state index in [1.807, 2.05) is 32.9 Å². The van der Waals surface area contributed by atoms with Crippen molar-refractivity contribution < 1.29 is 18.4 Å². The third-order valence-electron chi connectivity index (χ3n) is 6.17. The summed E-state index contributed by atoms with van der Waals surface area (Å²) in [7, 11) is 0. The molecular formula is C28H35FN4O3. The third kappa shape index (κ3) is 6.62. The highest BCUT2D eigenvalue weighted by molar-refractivity contribution is 5.88. The molecule has 2 aromatic carbocycles. The number of benzene rings is 2. The van der Waals surface area contributed by atoms with E-state index in [-0.39, 0.29) is 17.8 Å². The third-order valence-corrected chi connectivity index (χ3v) is 6.17. The molecule has 2 heterocycles. The number of amides is 1. The molecule has 36 heavy (non-hydrogen) atoms. The smallest absolute Gasteiger partial charge is 0.414 e. The van der Waals surface area contributed by atoms with Gasteiger partial charge in [0.25, 0.3) is 0 Å². The van der Waals surface area contributed by atoms with Crippen LogP contribution in [0.2, 0.25) is 0 Å². The topological polar surface area (TPSA) is 71.7 Å². The highest BCUT2D eigenvalue weighted by Crippen LogP contribution is 2.32. The molecule has 1 aliphatic heterocycles. The molecule has 1 fully saturated rings. The monoisotopic (exact) mass is 494 g/mol. The van der Waals surface area contributed by atoms with E-state index in [0.29, 0.717) is 24.7 Å². The number of nitrogens with zero attached hydrogens (tertiary/aromatic N) is 4. The summed E-state index contributed by atoms with van der Waals surface area (Å²) in [6.07, 6.45) is 2.82. The van der Waals surface area contributed by atoms with E-state index in [9.17, 15) is 9.18 Å². The lowest BCUT2D eigenvalue weighted by Crippen LogP contribution is -2.37. The van der Waals surface area contributed by atoms with Gasteiger partial charge in [-0.3, -0.25) is 4.90 Å². The Hall–Kier alpha value is -3.42. The van der Waals surface area contributed by atoms with Crippen molar-refractivity contribution in [3.63, 3.8) is 0 Å². The highest BCUT2D eigenvalue weighted by atomic mass is 19.1. The van der Waals surface area contributed by atoms with Crippen LogP contribution in [0.3, 0.4) is 0 Å². The number of hydrogen-bond acceptors (Lipinski definition) is 6. The molecule has 1 aromatic heterocycles. The summed E-state index contributed by atoms with van der Waals surface area (Å²) in [4.78, 5) is 21.5. The maximum Gasteiger partial charge on any atom is 0.414 e. The van der Waals surface area contributed by atoms with Crippen LogP contribution in [0.25, 0.3) is 0 Å². The predicted molar refractivity (Wildman–Crippen MR) is 138 cm³/mol. The molecule has 0 atom stereocenters. The Morgan fingerprint density at radius 3 is 2.56 bits per heavy atom. The van der Waals surface area contributed by atoms with E-state index < -0.39 is 5.60 Å². The number of aromatic nitrogens is 2. The first-order valence-corrected chi connectivity index (χ1v) is 12.6. The van der Waals surface area contributed by atoms with E-state index in [1.54, 1.807) is 17.0 Å². The summed E-state index contributed by atoms with van der Waals surface area (Å²) in [6, 6.07) is 14.4. The Kier molecular flexibility index (Phi) is 7.91. The van der Waals surface area contributed by atoms with Crippen LogP contribution in [0.1, 0.15) is 70.2 Å². The number of anilines is 2. The van der Waals surface area contributed by atoms with Gasteiger partial charge in [-0.1, -0.05) is 30.3 Å². The molecule has 1 aliphatic rings. The molecular weight excluding hydrogens is 459 g/mol. The summed E-state index contributed by atoms with van der Waals surface area (Å²) in [5.41, 5.74) is 2.32. The fraction of sp³-hybridized carbons (Fsp3) is 0.464. The molecule has 0 spiro atoms. The summed E-state index contributed by atoms with van der Waals surface area (Å²) in [6.45, 7) is 9.99. The van der Waals surface area contributed by atoms with Gasteiger partial charge in [-0.05, 0) is 75.9 Å². The molecule has 0 radical (unpaired) electrons. The van der Waals surface area contributed by atoms with Crippen molar-refractivity contribution in [2.45, 2.75) is 64.9 Å². The molecule has 0 bridgehead atoms. The first-order chi connectivity index (χ1) is 17.2. The van der Waals surface area contributed by atoms with Crippen LogP contribution in [0.4, 0.5) is 20.6 Å². The van der Waals surface area contributed by atoms with Crippen LogP contribution in [0, 0.1) is 5.82 Å². The highest BCUT2D eigenvalue weighted by Gasteiger charge is 2.27. The number of halogens is 1. The Balaban J connectivity index is 1.38. The normalized spacial score (nSPS) is 14.6. The average molecular weight is 495 g/mol. The minimum absolute atomic E-state index is 0.206. The maximum atomic E-state index is 13.1. The molecule has 3 aromatic rings. The van der Waals surface area contributed by atoms with Gasteiger partial charge in [0.1, 0.15) is 11.4 Å². The van der Waals surface area contributed by atoms with Crippen molar-refractivity contribution >= 4 is 17.5 Å². The van der Waals surface area contributed by atoms with E-state index >= 15 is 0 Å². The van der Waals surface area contributed by atoms with Gasteiger partial charge in [0, 0.05) is 43.3 Å². The summed E-state index contributed by atoms with van der Waals surface area (Å²) in [5, 5.41) is 4.13. The molecule has 0 N–H and O–H groups in total. The van der Waals surface area contributed by atoms with E-state index in [2.05, 4.69) is 34.1 Å². The zero-order valence-electron chi connectivity index (χ0n) is 21.5. The van der Waals surface area contributed by atoms with Crippen molar-refractivity contribution in [1.82, 2.24) is 10.1 Å². The number of rotatable bonds is 7. The van der Waals surface area contributed by atoms with Gasteiger partial charge in [-0.25, -0.2) is 9.18 Å². The van der Waals surface area contributed by atoms with Crippen LogP contribution in [-0.4, -0.2) is 41.5 Å². The van der Waals surface area contributed by atoms with Gasteiger partial charge in [0.15, 0.2) is 5.82 Å².